The zero-order valence-electron chi connectivity index (χ0n) is 16.1. The Morgan fingerprint density at radius 3 is 2.61 bits per heavy atom. The minimum atomic E-state index is -3.94. The van der Waals surface area contributed by atoms with Crippen molar-refractivity contribution in [3.05, 3.63) is 59.2 Å². The van der Waals surface area contributed by atoms with Gasteiger partial charge in [0.2, 0.25) is 0 Å². The van der Waals surface area contributed by atoms with Gasteiger partial charge in [-0.25, -0.2) is 0 Å². The number of hydrogen-bond donors (Lipinski definition) is 1. The first-order valence-corrected chi connectivity index (χ1v) is 10.8. The molecule has 1 saturated heterocycles. The van der Waals surface area contributed by atoms with E-state index in [0.717, 1.165) is 31.4 Å². The van der Waals surface area contributed by atoms with E-state index in [9.17, 15) is 13.2 Å². The lowest BCUT2D eigenvalue weighted by atomic mass is 10.1. The fraction of sp³-hybridized carbons (Fsp3) is 0.381. The van der Waals surface area contributed by atoms with Crippen molar-refractivity contribution >= 4 is 16.0 Å². The molecule has 0 radical (unpaired) electrons. The van der Waals surface area contributed by atoms with Gasteiger partial charge in [0.1, 0.15) is 10.6 Å². The normalized spacial score (nSPS) is 16.7. The van der Waals surface area contributed by atoms with Crippen LogP contribution in [0.2, 0.25) is 0 Å². The number of ether oxygens (including phenoxy) is 1. The number of benzene rings is 2. The monoisotopic (exact) mass is 403 g/mol. The van der Waals surface area contributed by atoms with Crippen molar-refractivity contribution < 1.29 is 22.1 Å². The highest BCUT2D eigenvalue weighted by Crippen LogP contribution is 2.23. The Bertz CT molecular complexity index is 932. The van der Waals surface area contributed by atoms with Crippen LogP contribution >= 0.6 is 0 Å². The molecule has 1 unspecified atom stereocenters. The highest BCUT2D eigenvalue weighted by molar-refractivity contribution is 7.87. The van der Waals surface area contributed by atoms with Crippen molar-refractivity contribution in [2.24, 2.45) is 0 Å². The highest BCUT2D eigenvalue weighted by atomic mass is 32.2. The molecule has 28 heavy (non-hydrogen) atoms. The van der Waals surface area contributed by atoms with Gasteiger partial charge in [0, 0.05) is 18.7 Å². The summed E-state index contributed by atoms with van der Waals surface area (Å²) in [4.78, 5) is 12.3. The molecule has 6 nitrogen and oxygen atoms in total. The topological polar surface area (TPSA) is 81.7 Å². The maximum Gasteiger partial charge on any atom is 0.339 e. The van der Waals surface area contributed by atoms with Crippen LogP contribution in [0.1, 0.15) is 40.7 Å². The van der Waals surface area contributed by atoms with Crippen molar-refractivity contribution in [3.8, 4) is 5.75 Å². The average molecular weight is 404 g/mol. The average Bonchev–Trinajstić information content (AvgIpc) is 3.17. The molecule has 1 N–H and O–H groups in total. The lowest BCUT2D eigenvalue weighted by molar-refractivity contribution is 0.0907. The summed E-state index contributed by atoms with van der Waals surface area (Å²) >= 11 is 0. The molecule has 3 rings (SSSR count). The van der Waals surface area contributed by atoms with Crippen LogP contribution in [0.25, 0.3) is 0 Å². The third-order valence-corrected chi connectivity index (χ3v) is 6.10. The van der Waals surface area contributed by atoms with E-state index in [0.29, 0.717) is 17.7 Å². The molecule has 2 aromatic carbocycles. The molecule has 0 bridgehead atoms. The van der Waals surface area contributed by atoms with E-state index >= 15 is 0 Å². The Balaban J connectivity index is 1.60. The lowest BCUT2D eigenvalue weighted by Crippen LogP contribution is -2.27. The molecule has 0 aliphatic carbocycles. The van der Waals surface area contributed by atoms with Crippen LogP contribution in [0.5, 0.6) is 5.75 Å². The Kier molecular flexibility index (Phi) is 6.36. The van der Waals surface area contributed by atoms with Gasteiger partial charge in [-0.1, -0.05) is 12.1 Å². The first-order valence-electron chi connectivity index (χ1n) is 9.37. The second-order valence-electron chi connectivity index (χ2n) is 7.01. The zero-order chi connectivity index (χ0) is 20.1. The minimum Gasteiger partial charge on any atom is -0.379 e. The molecule has 1 fully saturated rings. The molecule has 7 heteroatoms. The van der Waals surface area contributed by atoms with Gasteiger partial charge in [0.25, 0.3) is 5.91 Å². The van der Waals surface area contributed by atoms with E-state index in [2.05, 4.69) is 5.32 Å². The lowest BCUT2D eigenvalue weighted by Gasteiger charge is -2.11. The number of nitrogens with one attached hydrogen (secondary N) is 1. The van der Waals surface area contributed by atoms with Gasteiger partial charge in [-0.3, -0.25) is 4.79 Å². The van der Waals surface area contributed by atoms with E-state index < -0.39 is 10.1 Å². The first-order chi connectivity index (χ1) is 13.3. The fourth-order valence-electron chi connectivity index (χ4n) is 3.13. The van der Waals surface area contributed by atoms with E-state index in [1.165, 1.54) is 12.1 Å². The third-order valence-electron chi connectivity index (χ3n) is 4.71. The molecule has 1 aliphatic rings. The third kappa shape index (κ3) is 5.11. The summed E-state index contributed by atoms with van der Waals surface area (Å²) < 4.78 is 35.9. The highest BCUT2D eigenvalue weighted by Gasteiger charge is 2.20. The second-order valence-corrected chi connectivity index (χ2v) is 8.53. The first kappa shape index (κ1) is 20.4. The predicted molar refractivity (Wildman–Crippen MR) is 106 cm³/mol. The van der Waals surface area contributed by atoms with Gasteiger partial charge >= 0.3 is 10.1 Å². The summed E-state index contributed by atoms with van der Waals surface area (Å²) in [7, 11) is -3.94. The molecule has 1 amide bonds. The van der Waals surface area contributed by atoms with Gasteiger partial charge in [0.15, 0.2) is 0 Å². The molecule has 0 spiro atoms. The molecule has 150 valence electrons. The van der Waals surface area contributed by atoms with Gasteiger partial charge in [-0.05, 0) is 74.6 Å². The largest absolute Gasteiger partial charge is 0.379 e. The van der Waals surface area contributed by atoms with Crippen LogP contribution in [0.15, 0.2) is 47.4 Å². The second kappa shape index (κ2) is 8.75. The molecular formula is C21H25NO5S. The number of carbonyl (C=O) groups excluding carboxylic acids is 1. The van der Waals surface area contributed by atoms with E-state index in [-0.39, 0.29) is 22.7 Å². The number of carbonyl (C=O) groups is 1. The predicted octanol–water partition coefficient (Wildman–Crippen LogP) is 3.37. The Morgan fingerprint density at radius 2 is 1.93 bits per heavy atom. The van der Waals surface area contributed by atoms with Gasteiger partial charge in [-0.2, -0.15) is 8.42 Å². The summed E-state index contributed by atoms with van der Waals surface area (Å²) in [5, 5.41) is 2.86. The van der Waals surface area contributed by atoms with Crippen LogP contribution in [-0.4, -0.2) is 33.6 Å². The van der Waals surface area contributed by atoms with E-state index in [4.69, 9.17) is 8.92 Å². The molecule has 0 saturated carbocycles. The van der Waals surface area contributed by atoms with Crippen LogP contribution in [0.4, 0.5) is 0 Å². The number of amides is 1. The Morgan fingerprint density at radius 1 is 1.18 bits per heavy atom. The van der Waals surface area contributed by atoms with Gasteiger partial charge < -0.3 is 14.2 Å². The van der Waals surface area contributed by atoms with Gasteiger partial charge in [0.05, 0.1) is 6.10 Å². The SMILES string of the molecule is Cc1ccc(C)c(S(=O)(=O)Oc2ccc(C(=O)NCCC3CCCO3)cc2)c1. The summed E-state index contributed by atoms with van der Waals surface area (Å²) in [5.41, 5.74) is 1.90. The minimum absolute atomic E-state index is 0.142. The fourth-order valence-corrected chi connectivity index (χ4v) is 4.38. The number of hydrogen-bond acceptors (Lipinski definition) is 5. The summed E-state index contributed by atoms with van der Waals surface area (Å²) in [5.74, 6) is -0.0428. The van der Waals surface area contributed by atoms with Crippen LogP contribution in [-0.2, 0) is 14.9 Å². The number of rotatable bonds is 7. The van der Waals surface area contributed by atoms with Crippen LogP contribution < -0.4 is 9.50 Å². The maximum absolute atomic E-state index is 12.5. The van der Waals surface area contributed by atoms with Crippen molar-refractivity contribution in [1.82, 2.24) is 5.32 Å². The molecule has 1 atom stereocenters. The Labute approximate surface area is 166 Å². The van der Waals surface area contributed by atoms with Crippen LogP contribution in [0.3, 0.4) is 0 Å². The summed E-state index contributed by atoms with van der Waals surface area (Å²) in [6, 6.07) is 11.2. The van der Waals surface area contributed by atoms with Crippen molar-refractivity contribution in [1.29, 1.82) is 0 Å². The van der Waals surface area contributed by atoms with E-state index in [1.807, 2.05) is 13.0 Å². The molecule has 1 aliphatic heterocycles. The van der Waals surface area contributed by atoms with Crippen LogP contribution in [0, 0.1) is 13.8 Å². The zero-order valence-corrected chi connectivity index (χ0v) is 16.9. The smallest absolute Gasteiger partial charge is 0.339 e. The molecule has 0 aromatic heterocycles. The maximum atomic E-state index is 12.5. The Hall–Kier alpha value is -2.38. The summed E-state index contributed by atoms with van der Waals surface area (Å²) in [6.45, 7) is 4.89. The quantitative estimate of drug-likeness (QED) is 0.717. The van der Waals surface area contributed by atoms with Crippen molar-refractivity contribution in [2.75, 3.05) is 13.2 Å². The standard InChI is InChI=1S/C21H25NO5S/c1-15-5-6-16(2)20(14-15)28(24,25)27-19-9-7-17(8-10-19)21(23)22-12-11-18-4-3-13-26-18/h5-10,14,18H,3-4,11-13H2,1-2H3,(H,22,23). The number of aryl methyl sites for hydroxylation is 2. The van der Waals surface area contributed by atoms with Crippen molar-refractivity contribution in [3.63, 3.8) is 0 Å². The molecule has 1 heterocycles. The van der Waals surface area contributed by atoms with Gasteiger partial charge in [-0.15, -0.1) is 0 Å². The van der Waals surface area contributed by atoms with Crippen molar-refractivity contribution in [2.45, 2.75) is 44.1 Å². The molecular weight excluding hydrogens is 378 g/mol. The van der Waals surface area contributed by atoms with E-state index in [1.54, 1.807) is 31.2 Å². The summed E-state index contributed by atoms with van der Waals surface area (Å²) in [6.07, 6.45) is 3.13. The molecule has 2 aromatic rings.